The number of aliphatic hydroxyl groups is 1. The predicted octanol–water partition coefficient (Wildman–Crippen LogP) is 1.48. The topological polar surface area (TPSA) is 88.5 Å². The summed E-state index contributed by atoms with van der Waals surface area (Å²) in [5.41, 5.74) is 0.805. The van der Waals surface area contributed by atoms with Gasteiger partial charge in [0.25, 0.3) is 5.91 Å². The smallest absolute Gasteiger partial charge is 0.331 e. The number of esters is 1. The summed E-state index contributed by atoms with van der Waals surface area (Å²) in [6, 6.07) is 10.6. The summed E-state index contributed by atoms with van der Waals surface area (Å²) in [5.74, 6) is -1.20. The van der Waals surface area contributed by atoms with E-state index in [1.165, 1.54) is 6.20 Å². The van der Waals surface area contributed by atoms with Crippen LogP contribution >= 0.6 is 0 Å². The molecule has 120 valence electrons. The number of nitrogens with zero attached hydrogens (tertiary/aromatic N) is 1. The van der Waals surface area contributed by atoms with Crippen LogP contribution < -0.4 is 5.32 Å². The van der Waals surface area contributed by atoms with E-state index < -0.39 is 24.0 Å². The Morgan fingerprint density at radius 1 is 1.22 bits per heavy atom. The number of hydrogen-bond donors (Lipinski definition) is 2. The van der Waals surface area contributed by atoms with E-state index in [0.29, 0.717) is 11.1 Å². The molecule has 2 rings (SSSR count). The van der Waals surface area contributed by atoms with Crippen molar-refractivity contribution < 1.29 is 19.4 Å². The van der Waals surface area contributed by atoms with Gasteiger partial charge in [-0.05, 0) is 24.6 Å². The van der Waals surface area contributed by atoms with Crippen LogP contribution in [0.4, 0.5) is 0 Å². The molecule has 6 heteroatoms. The summed E-state index contributed by atoms with van der Waals surface area (Å²) in [7, 11) is 0. The molecule has 2 aromatic rings. The minimum Gasteiger partial charge on any atom is -0.464 e. The Balaban J connectivity index is 2.21. The minimum atomic E-state index is -1.21. The first-order valence-corrected chi connectivity index (χ1v) is 7.24. The summed E-state index contributed by atoms with van der Waals surface area (Å²) in [6.45, 7) is 1.81. The molecule has 2 unspecified atom stereocenters. The molecule has 1 aromatic carbocycles. The molecular weight excluding hydrogens is 296 g/mol. The zero-order valence-electron chi connectivity index (χ0n) is 12.7. The van der Waals surface area contributed by atoms with Gasteiger partial charge in [-0.15, -0.1) is 0 Å². The lowest BCUT2D eigenvalue weighted by molar-refractivity contribution is -0.148. The molecule has 0 bridgehead atoms. The molecule has 0 saturated heterocycles. The highest BCUT2D eigenvalue weighted by Crippen LogP contribution is 2.18. The van der Waals surface area contributed by atoms with Crippen LogP contribution in [0.15, 0.2) is 54.9 Å². The molecule has 1 heterocycles. The molecule has 1 amide bonds. The van der Waals surface area contributed by atoms with E-state index in [4.69, 9.17) is 4.74 Å². The van der Waals surface area contributed by atoms with Gasteiger partial charge in [-0.1, -0.05) is 30.3 Å². The van der Waals surface area contributed by atoms with Crippen molar-refractivity contribution >= 4 is 11.9 Å². The monoisotopic (exact) mass is 314 g/mol. The fraction of sp³-hybridized carbons (Fsp3) is 0.235. The van der Waals surface area contributed by atoms with E-state index in [1.807, 2.05) is 0 Å². The molecular formula is C17H18N2O4. The zero-order valence-corrected chi connectivity index (χ0v) is 12.7. The molecule has 0 radical (unpaired) electrons. The van der Waals surface area contributed by atoms with Crippen LogP contribution in [-0.2, 0) is 9.53 Å². The molecule has 0 aliphatic rings. The maximum absolute atomic E-state index is 12.2. The molecule has 0 aliphatic heterocycles. The number of rotatable bonds is 6. The third-order valence-corrected chi connectivity index (χ3v) is 3.21. The van der Waals surface area contributed by atoms with Crippen LogP contribution in [0.25, 0.3) is 0 Å². The summed E-state index contributed by atoms with van der Waals surface area (Å²) in [5, 5.41) is 13.0. The highest BCUT2D eigenvalue weighted by atomic mass is 16.5. The molecule has 0 aliphatic carbocycles. The van der Waals surface area contributed by atoms with Gasteiger partial charge in [0.2, 0.25) is 0 Å². The van der Waals surface area contributed by atoms with Gasteiger partial charge in [0.1, 0.15) is 6.10 Å². The number of ether oxygens (including phenoxy) is 1. The number of hydrogen-bond acceptors (Lipinski definition) is 5. The standard InChI is InChI=1S/C17H18N2O4/c1-2-23-17(22)14(15(20)12-7-4-3-5-8-12)19-16(21)13-9-6-10-18-11-13/h3-11,14-15,20H,2H2,1H3,(H,19,21). The molecule has 6 nitrogen and oxygen atoms in total. The quantitative estimate of drug-likeness (QED) is 0.788. The first kappa shape index (κ1) is 16.6. The molecule has 0 fully saturated rings. The number of carbonyl (C=O) groups is 2. The molecule has 2 atom stereocenters. The summed E-state index contributed by atoms with van der Waals surface area (Å²) in [4.78, 5) is 28.2. The highest BCUT2D eigenvalue weighted by molar-refractivity contribution is 5.96. The number of pyridine rings is 1. The van der Waals surface area contributed by atoms with Gasteiger partial charge >= 0.3 is 5.97 Å². The van der Waals surface area contributed by atoms with Crippen molar-refractivity contribution in [1.82, 2.24) is 10.3 Å². The Morgan fingerprint density at radius 2 is 1.96 bits per heavy atom. The average Bonchev–Trinajstić information content (AvgIpc) is 2.60. The summed E-state index contributed by atoms with van der Waals surface area (Å²) in [6.07, 6.45) is 1.71. The van der Waals surface area contributed by atoms with Crippen LogP contribution in [0.5, 0.6) is 0 Å². The van der Waals surface area contributed by atoms with Gasteiger partial charge in [-0.3, -0.25) is 9.78 Å². The van der Waals surface area contributed by atoms with Gasteiger partial charge in [-0.25, -0.2) is 4.79 Å². The number of aliphatic hydroxyl groups excluding tert-OH is 1. The maximum Gasteiger partial charge on any atom is 0.331 e. The number of aromatic nitrogens is 1. The molecule has 23 heavy (non-hydrogen) atoms. The molecule has 0 spiro atoms. The second-order valence-corrected chi connectivity index (χ2v) is 4.80. The minimum absolute atomic E-state index is 0.152. The van der Waals surface area contributed by atoms with Gasteiger partial charge in [-0.2, -0.15) is 0 Å². The van der Waals surface area contributed by atoms with Crippen LogP contribution in [0, 0.1) is 0 Å². The lowest BCUT2D eigenvalue weighted by Gasteiger charge is -2.22. The van der Waals surface area contributed by atoms with Gasteiger partial charge in [0.15, 0.2) is 6.04 Å². The third-order valence-electron chi connectivity index (χ3n) is 3.21. The SMILES string of the molecule is CCOC(=O)C(NC(=O)c1cccnc1)C(O)c1ccccc1. The van der Waals surface area contributed by atoms with Crippen molar-refractivity contribution in [3.05, 3.63) is 66.0 Å². The lowest BCUT2D eigenvalue weighted by atomic mass is 10.0. The van der Waals surface area contributed by atoms with Crippen molar-refractivity contribution in [2.75, 3.05) is 6.61 Å². The van der Waals surface area contributed by atoms with E-state index in [-0.39, 0.29) is 6.61 Å². The van der Waals surface area contributed by atoms with E-state index in [1.54, 1.807) is 55.6 Å². The first-order valence-electron chi connectivity index (χ1n) is 7.24. The third kappa shape index (κ3) is 4.37. The van der Waals surface area contributed by atoms with E-state index in [9.17, 15) is 14.7 Å². The second kappa shape index (κ2) is 8.05. The summed E-state index contributed by atoms with van der Waals surface area (Å²) < 4.78 is 4.95. The average molecular weight is 314 g/mol. The number of amides is 1. The van der Waals surface area contributed by atoms with E-state index in [2.05, 4.69) is 10.3 Å². The second-order valence-electron chi connectivity index (χ2n) is 4.80. The number of benzene rings is 1. The maximum atomic E-state index is 12.2. The van der Waals surface area contributed by atoms with Crippen LogP contribution in [0.1, 0.15) is 28.9 Å². The molecule has 0 saturated carbocycles. The Morgan fingerprint density at radius 3 is 2.57 bits per heavy atom. The first-order chi connectivity index (χ1) is 11.1. The Labute approximate surface area is 134 Å². The zero-order chi connectivity index (χ0) is 16.7. The normalized spacial score (nSPS) is 13.0. The van der Waals surface area contributed by atoms with Gasteiger partial charge < -0.3 is 15.2 Å². The van der Waals surface area contributed by atoms with Crippen molar-refractivity contribution in [2.24, 2.45) is 0 Å². The van der Waals surface area contributed by atoms with Crippen LogP contribution in [-0.4, -0.2) is 34.6 Å². The van der Waals surface area contributed by atoms with E-state index >= 15 is 0 Å². The van der Waals surface area contributed by atoms with Crippen molar-refractivity contribution in [1.29, 1.82) is 0 Å². The van der Waals surface area contributed by atoms with Crippen molar-refractivity contribution in [3.63, 3.8) is 0 Å². The Kier molecular flexibility index (Phi) is 5.82. The Hall–Kier alpha value is -2.73. The predicted molar refractivity (Wildman–Crippen MR) is 83.5 cm³/mol. The van der Waals surface area contributed by atoms with Crippen LogP contribution in [0.3, 0.4) is 0 Å². The molecule has 2 N–H and O–H groups in total. The lowest BCUT2D eigenvalue weighted by Crippen LogP contribution is -2.46. The largest absolute Gasteiger partial charge is 0.464 e. The fourth-order valence-corrected chi connectivity index (χ4v) is 2.06. The fourth-order valence-electron chi connectivity index (χ4n) is 2.06. The number of nitrogens with one attached hydrogen (secondary N) is 1. The molecule has 1 aromatic heterocycles. The van der Waals surface area contributed by atoms with E-state index in [0.717, 1.165) is 0 Å². The Bertz CT molecular complexity index is 646. The summed E-state index contributed by atoms with van der Waals surface area (Å²) >= 11 is 0. The van der Waals surface area contributed by atoms with Gasteiger partial charge in [0, 0.05) is 12.4 Å². The highest BCUT2D eigenvalue weighted by Gasteiger charge is 2.31. The number of carbonyl (C=O) groups excluding carboxylic acids is 2. The van der Waals surface area contributed by atoms with Crippen LogP contribution in [0.2, 0.25) is 0 Å². The van der Waals surface area contributed by atoms with Gasteiger partial charge in [0.05, 0.1) is 12.2 Å². The van der Waals surface area contributed by atoms with Crippen molar-refractivity contribution in [2.45, 2.75) is 19.1 Å². The van der Waals surface area contributed by atoms with Crippen molar-refractivity contribution in [3.8, 4) is 0 Å².